The van der Waals surface area contributed by atoms with Crippen LogP contribution in [0.25, 0.3) is 0 Å². The van der Waals surface area contributed by atoms with Gasteiger partial charge in [-0.3, -0.25) is 4.79 Å². The topological polar surface area (TPSA) is 37.3 Å². The van der Waals surface area contributed by atoms with Gasteiger partial charge in [0.15, 0.2) is 0 Å². The minimum absolute atomic E-state index is 0. The first-order valence-electron chi connectivity index (χ1n) is 2.78. The number of carboxylic acid groups (broad SMARTS) is 1. The number of hydrogen-bond donors (Lipinski definition) is 1. The van der Waals surface area contributed by atoms with E-state index in [4.69, 9.17) is 5.11 Å². The van der Waals surface area contributed by atoms with Crippen molar-refractivity contribution < 1.29 is 9.90 Å². The van der Waals surface area contributed by atoms with Gasteiger partial charge in [-0.1, -0.05) is 19.8 Å². The van der Waals surface area contributed by atoms with E-state index in [2.05, 4.69) is 6.92 Å². The SMILES string of the molecule is [CH2]CCCCC(=O)O.[NaH]. The molecule has 0 unspecified atom stereocenters. The van der Waals surface area contributed by atoms with Crippen molar-refractivity contribution in [1.82, 2.24) is 0 Å². The van der Waals surface area contributed by atoms with Gasteiger partial charge in [-0.05, 0) is 6.42 Å². The quantitative estimate of drug-likeness (QED) is 0.462. The normalized spacial score (nSPS) is 8.11. The van der Waals surface area contributed by atoms with E-state index in [1.807, 2.05) is 0 Å². The second kappa shape index (κ2) is 8.47. The molecule has 0 bridgehead atoms. The summed E-state index contributed by atoms with van der Waals surface area (Å²) in [6.45, 7) is 3.59. The van der Waals surface area contributed by atoms with E-state index in [1.165, 1.54) is 0 Å². The molecule has 1 radical (unpaired) electrons. The van der Waals surface area contributed by atoms with E-state index >= 15 is 0 Å². The maximum absolute atomic E-state index is 9.85. The van der Waals surface area contributed by atoms with Crippen molar-refractivity contribution in [1.29, 1.82) is 0 Å². The van der Waals surface area contributed by atoms with Crippen LogP contribution >= 0.6 is 0 Å². The molecule has 0 rings (SSSR count). The summed E-state index contributed by atoms with van der Waals surface area (Å²) in [6.07, 6.45) is 2.81. The molecule has 0 saturated carbocycles. The fourth-order valence-electron chi connectivity index (χ4n) is 0.453. The Labute approximate surface area is 77.9 Å². The molecule has 3 heteroatoms. The molecule has 0 aromatic heterocycles. The van der Waals surface area contributed by atoms with Crippen molar-refractivity contribution in [3.05, 3.63) is 6.92 Å². The Balaban J connectivity index is 0. The van der Waals surface area contributed by atoms with Gasteiger partial charge in [-0.25, -0.2) is 0 Å². The third kappa shape index (κ3) is 11.8. The fraction of sp³-hybridized carbons (Fsp3) is 0.667. The molecule has 9 heavy (non-hydrogen) atoms. The van der Waals surface area contributed by atoms with Crippen molar-refractivity contribution in [3.8, 4) is 0 Å². The van der Waals surface area contributed by atoms with Crippen molar-refractivity contribution in [2.75, 3.05) is 0 Å². The molecule has 0 aromatic rings. The number of carbonyl (C=O) groups is 1. The van der Waals surface area contributed by atoms with Crippen LogP contribution in [0, 0.1) is 6.92 Å². The summed E-state index contributed by atoms with van der Waals surface area (Å²) in [4.78, 5) is 9.85. The number of carboxylic acids is 1. The Morgan fingerprint density at radius 2 is 2.00 bits per heavy atom. The summed E-state index contributed by atoms with van der Waals surface area (Å²) in [7, 11) is 0. The van der Waals surface area contributed by atoms with Crippen LogP contribution in [0.3, 0.4) is 0 Å². The first kappa shape index (κ1) is 12.2. The first-order valence-corrected chi connectivity index (χ1v) is 2.78. The summed E-state index contributed by atoms with van der Waals surface area (Å²) < 4.78 is 0. The van der Waals surface area contributed by atoms with Gasteiger partial charge in [0.25, 0.3) is 0 Å². The molecule has 0 atom stereocenters. The molecule has 0 aliphatic heterocycles. The zero-order valence-corrected chi connectivity index (χ0v) is 4.89. The van der Waals surface area contributed by atoms with Crippen LogP contribution in [0.15, 0.2) is 0 Å². The van der Waals surface area contributed by atoms with Crippen LogP contribution in [-0.4, -0.2) is 40.6 Å². The predicted molar refractivity (Wildman–Crippen MR) is 38.6 cm³/mol. The van der Waals surface area contributed by atoms with Crippen molar-refractivity contribution in [3.63, 3.8) is 0 Å². The van der Waals surface area contributed by atoms with Gasteiger partial charge in [0, 0.05) is 6.42 Å². The Kier molecular flexibility index (Phi) is 11.5. The zero-order valence-electron chi connectivity index (χ0n) is 4.89. The van der Waals surface area contributed by atoms with Gasteiger partial charge in [-0.2, -0.15) is 0 Å². The molecule has 0 fully saturated rings. The van der Waals surface area contributed by atoms with Crippen LogP contribution in [-0.2, 0) is 4.79 Å². The Bertz CT molecular complexity index is 73.5. The van der Waals surface area contributed by atoms with Crippen LogP contribution in [0.4, 0.5) is 0 Å². The summed E-state index contributed by atoms with van der Waals surface area (Å²) >= 11 is 0. The number of rotatable bonds is 4. The Hall–Kier alpha value is 0.470. The van der Waals surface area contributed by atoms with E-state index in [1.54, 1.807) is 0 Å². The zero-order chi connectivity index (χ0) is 6.41. The van der Waals surface area contributed by atoms with Crippen molar-refractivity contribution in [2.24, 2.45) is 0 Å². The second-order valence-electron chi connectivity index (χ2n) is 1.70. The van der Waals surface area contributed by atoms with Gasteiger partial charge >= 0.3 is 35.5 Å². The molecule has 0 amide bonds. The summed E-state index contributed by atoms with van der Waals surface area (Å²) in [5.74, 6) is -0.710. The van der Waals surface area contributed by atoms with Crippen LogP contribution in [0.1, 0.15) is 25.7 Å². The second-order valence-corrected chi connectivity index (χ2v) is 1.70. The molecule has 0 spiro atoms. The third-order valence-corrected chi connectivity index (χ3v) is 0.891. The van der Waals surface area contributed by atoms with Gasteiger partial charge in [0.1, 0.15) is 0 Å². The molecule has 0 aliphatic carbocycles. The van der Waals surface area contributed by atoms with E-state index in [0.717, 1.165) is 19.3 Å². The standard InChI is InChI=1S/C6H11O2.Na.H/c1-2-3-4-5-6(7)8;;/h1-5H2,(H,7,8);;. The van der Waals surface area contributed by atoms with E-state index in [0.29, 0.717) is 0 Å². The van der Waals surface area contributed by atoms with Crippen molar-refractivity contribution in [2.45, 2.75) is 25.7 Å². The molecule has 0 saturated heterocycles. The fourth-order valence-corrected chi connectivity index (χ4v) is 0.453. The van der Waals surface area contributed by atoms with Gasteiger partial charge < -0.3 is 5.11 Å². The summed E-state index contributed by atoms with van der Waals surface area (Å²) in [5, 5.41) is 8.12. The van der Waals surface area contributed by atoms with Crippen LogP contribution in [0.2, 0.25) is 0 Å². The van der Waals surface area contributed by atoms with E-state index in [9.17, 15) is 4.79 Å². The number of aliphatic carboxylic acids is 1. The average molecular weight is 139 g/mol. The summed E-state index contributed by atoms with van der Waals surface area (Å²) in [6, 6.07) is 0. The van der Waals surface area contributed by atoms with Crippen molar-refractivity contribution >= 4 is 35.5 Å². The average Bonchev–Trinajstić information content (AvgIpc) is 1.66. The Morgan fingerprint density at radius 1 is 1.44 bits per heavy atom. The van der Waals surface area contributed by atoms with E-state index in [-0.39, 0.29) is 36.0 Å². The minimum atomic E-state index is -0.710. The molecule has 49 valence electrons. The van der Waals surface area contributed by atoms with Gasteiger partial charge in [0.05, 0.1) is 0 Å². The molecule has 2 nitrogen and oxygen atoms in total. The van der Waals surface area contributed by atoms with Crippen LogP contribution < -0.4 is 0 Å². The predicted octanol–water partition coefficient (Wildman–Crippen LogP) is 0.817. The summed E-state index contributed by atoms with van der Waals surface area (Å²) in [5.41, 5.74) is 0. The molecule has 0 aromatic carbocycles. The van der Waals surface area contributed by atoms with Crippen LogP contribution in [0.5, 0.6) is 0 Å². The van der Waals surface area contributed by atoms with Gasteiger partial charge in [-0.15, -0.1) is 0 Å². The number of hydrogen-bond acceptors (Lipinski definition) is 1. The first-order chi connectivity index (χ1) is 3.77. The maximum atomic E-state index is 9.85. The van der Waals surface area contributed by atoms with E-state index < -0.39 is 5.97 Å². The molecular formula is C6H12NaO2. The molecule has 0 aliphatic rings. The number of unbranched alkanes of at least 4 members (excludes halogenated alkanes) is 2. The molecular weight excluding hydrogens is 127 g/mol. The Morgan fingerprint density at radius 3 is 2.33 bits per heavy atom. The van der Waals surface area contributed by atoms with Gasteiger partial charge in [0.2, 0.25) is 0 Å². The molecule has 1 N–H and O–H groups in total. The third-order valence-electron chi connectivity index (χ3n) is 0.891. The molecule has 0 heterocycles. The monoisotopic (exact) mass is 139 g/mol.